The molecule has 0 bridgehead atoms. The Kier molecular flexibility index (Phi) is 2.60. The molecule has 0 radical (unpaired) electrons. The van der Waals surface area contributed by atoms with Gasteiger partial charge in [-0.25, -0.2) is 9.97 Å². The second kappa shape index (κ2) is 3.49. The van der Waals surface area contributed by atoms with Crippen LogP contribution in [0.1, 0.15) is 6.92 Å². The molecule has 12 heavy (non-hydrogen) atoms. The van der Waals surface area contributed by atoms with Crippen LogP contribution in [-0.4, -0.2) is 22.9 Å². The molecular weight excluding hydrogens is 178 g/mol. The van der Waals surface area contributed by atoms with Crippen LogP contribution in [0.4, 0.5) is 5.82 Å². The number of hydrogen-bond acceptors (Lipinski definition) is 3. The number of hydrogen-bond donors (Lipinski definition) is 0. The summed E-state index contributed by atoms with van der Waals surface area (Å²) in [5.74, 6) is 0.401. The van der Waals surface area contributed by atoms with Gasteiger partial charge in [-0.2, -0.15) is 0 Å². The summed E-state index contributed by atoms with van der Waals surface area (Å²) in [6, 6.07) is 0. The topological polar surface area (TPSA) is 46.1 Å². The summed E-state index contributed by atoms with van der Waals surface area (Å²) in [5, 5.41) is 0.315. The molecule has 1 rings (SSSR count). The number of rotatable bonds is 1. The highest BCUT2D eigenvalue weighted by molar-refractivity contribution is 6.29. The van der Waals surface area contributed by atoms with Crippen LogP contribution in [0.15, 0.2) is 12.4 Å². The second-order valence-electron chi connectivity index (χ2n) is 2.28. The average Bonchev–Trinajstić information content (AvgIpc) is 2.04. The van der Waals surface area contributed by atoms with E-state index in [2.05, 4.69) is 9.97 Å². The molecule has 1 amide bonds. The first-order chi connectivity index (χ1) is 5.61. The Morgan fingerprint density at radius 3 is 2.58 bits per heavy atom. The van der Waals surface area contributed by atoms with Gasteiger partial charge < -0.3 is 0 Å². The first-order valence-electron chi connectivity index (χ1n) is 3.33. The monoisotopic (exact) mass is 185 g/mol. The van der Waals surface area contributed by atoms with E-state index in [-0.39, 0.29) is 5.91 Å². The lowest BCUT2D eigenvalue weighted by Crippen LogP contribution is -2.23. The quantitative estimate of drug-likeness (QED) is 0.659. The molecule has 64 valence electrons. The van der Waals surface area contributed by atoms with E-state index in [0.717, 1.165) is 0 Å². The summed E-state index contributed by atoms with van der Waals surface area (Å²) in [6.07, 6.45) is 2.85. The van der Waals surface area contributed by atoms with E-state index in [1.807, 2.05) is 0 Å². The summed E-state index contributed by atoms with van der Waals surface area (Å²) in [4.78, 5) is 19.9. The number of anilines is 1. The highest BCUT2D eigenvalue weighted by atomic mass is 35.5. The first kappa shape index (κ1) is 8.93. The van der Waals surface area contributed by atoms with Crippen molar-refractivity contribution in [2.24, 2.45) is 0 Å². The molecule has 0 aliphatic carbocycles. The fourth-order valence-corrected chi connectivity index (χ4v) is 0.738. The van der Waals surface area contributed by atoms with Gasteiger partial charge in [0.15, 0.2) is 5.82 Å². The van der Waals surface area contributed by atoms with Gasteiger partial charge in [-0.05, 0) is 0 Å². The number of halogens is 1. The zero-order valence-corrected chi connectivity index (χ0v) is 7.54. The maximum atomic E-state index is 10.9. The van der Waals surface area contributed by atoms with E-state index in [9.17, 15) is 4.79 Å². The number of carbonyl (C=O) groups excluding carboxylic acids is 1. The van der Waals surface area contributed by atoms with E-state index in [1.54, 1.807) is 7.05 Å². The van der Waals surface area contributed by atoms with Crippen LogP contribution in [0.3, 0.4) is 0 Å². The van der Waals surface area contributed by atoms with Gasteiger partial charge in [-0.15, -0.1) is 0 Å². The second-order valence-corrected chi connectivity index (χ2v) is 2.66. The van der Waals surface area contributed by atoms with Crippen molar-refractivity contribution in [1.82, 2.24) is 9.97 Å². The summed E-state index contributed by atoms with van der Waals surface area (Å²) in [6.45, 7) is 1.45. The van der Waals surface area contributed by atoms with Gasteiger partial charge in [-0.3, -0.25) is 9.69 Å². The van der Waals surface area contributed by atoms with Crippen LogP contribution in [0.2, 0.25) is 5.15 Å². The third-order valence-electron chi connectivity index (χ3n) is 1.42. The molecule has 0 fully saturated rings. The predicted molar refractivity (Wildman–Crippen MR) is 46.1 cm³/mol. The third kappa shape index (κ3) is 1.92. The number of amides is 1. The van der Waals surface area contributed by atoms with Crippen molar-refractivity contribution in [3.8, 4) is 0 Å². The average molecular weight is 186 g/mol. The molecule has 1 heterocycles. The van der Waals surface area contributed by atoms with Gasteiger partial charge in [-0.1, -0.05) is 11.6 Å². The molecule has 1 aromatic heterocycles. The molecule has 0 atom stereocenters. The summed E-state index contributed by atoms with van der Waals surface area (Å²) < 4.78 is 0. The Morgan fingerprint density at radius 1 is 1.50 bits per heavy atom. The van der Waals surface area contributed by atoms with Crippen molar-refractivity contribution < 1.29 is 4.79 Å². The predicted octanol–water partition coefficient (Wildman–Crippen LogP) is 1.11. The van der Waals surface area contributed by atoms with Crippen molar-refractivity contribution in [3.05, 3.63) is 17.5 Å². The largest absolute Gasteiger partial charge is 0.299 e. The molecule has 0 saturated carbocycles. The Bertz CT molecular complexity index is 285. The lowest BCUT2D eigenvalue weighted by Gasteiger charge is -2.12. The highest BCUT2D eigenvalue weighted by Gasteiger charge is 2.05. The third-order valence-corrected chi connectivity index (χ3v) is 1.62. The zero-order chi connectivity index (χ0) is 9.14. The van der Waals surface area contributed by atoms with Gasteiger partial charge in [0.25, 0.3) is 0 Å². The summed E-state index contributed by atoms with van der Waals surface area (Å²) in [5.41, 5.74) is 0. The SMILES string of the molecule is CC(=O)N(C)c1cnc(Cl)cn1. The van der Waals surface area contributed by atoms with E-state index in [0.29, 0.717) is 11.0 Å². The Hall–Kier alpha value is -1.16. The minimum absolute atomic E-state index is 0.0911. The Morgan fingerprint density at radius 2 is 2.17 bits per heavy atom. The molecule has 0 saturated heterocycles. The molecule has 0 aliphatic heterocycles. The van der Waals surface area contributed by atoms with E-state index in [4.69, 9.17) is 11.6 Å². The van der Waals surface area contributed by atoms with Gasteiger partial charge in [0.05, 0.1) is 12.4 Å². The number of aromatic nitrogens is 2. The molecule has 0 aliphatic rings. The number of nitrogens with zero attached hydrogens (tertiary/aromatic N) is 3. The molecule has 0 spiro atoms. The number of carbonyl (C=O) groups is 1. The minimum atomic E-state index is -0.0911. The van der Waals surface area contributed by atoms with Crippen LogP contribution in [0.25, 0.3) is 0 Å². The fraction of sp³-hybridized carbons (Fsp3) is 0.286. The van der Waals surface area contributed by atoms with Gasteiger partial charge in [0.2, 0.25) is 5.91 Å². The van der Waals surface area contributed by atoms with E-state index in [1.165, 1.54) is 24.2 Å². The fourth-order valence-electron chi connectivity index (χ4n) is 0.640. The van der Waals surface area contributed by atoms with Crippen molar-refractivity contribution >= 4 is 23.3 Å². The van der Waals surface area contributed by atoms with Gasteiger partial charge in [0.1, 0.15) is 5.15 Å². The molecule has 0 N–H and O–H groups in total. The van der Waals surface area contributed by atoms with Crippen LogP contribution < -0.4 is 4.90 Å². The summed E-state index contributed by atoms with van der Waals surface area (Å²) in [7, 11) is 1.63. The Balaban J connectivity index is 2.89. The molecule has 0 unspecified atom stereocenters. The van der Waals surface area contributed by atoms with Crippen molar-refractivity contribution in [3.63, 3.8) is 0 Å². The van der Waals surface area contributed by atoms with Crippen LogP contribution in [0.5, 0.6) is 0 Å². The summed E-state index contributed by atoms with van der Waals surface area (Å²) >= 11 is 5.52. The Labute approximate surface area is 75.2 Å². The molecule has 4 nitrogen and oxygen atoms in total. The van der Waals surface area contributed by atoms with Gasteiger partial charge in [0, 0.05) is 14.0 Å². The zero-order valence-electron chi connectivity index (χ0n) is 6.78. The minimum Gasteiger partial charge on any atom is -0.299 e. The van der Waals surface area contributed by atoms with E-state index < -0.39 is 0 Å². The standard InChI is InChI=1S/C7H8ClN3O/c1-5(12)11(2)7-4-9-6(8)3-10-7/h3-4H,1-2H3. The first-order valence-corrected chi connectivity index (χ1v) is 3.71. The lowest BCUT2D eigenvalue weighted by atomic mass is 10.5. The van der Waals surface area contributed by atoms with Crippen LogP contribution in [0, 0.1) is 0 Å². The maximum absolute atomic E-state index is 10.9. The molecule has 5 heteroatoms. The van der Waals surface area contributed by atoms with Crippen molar-refractivity contribution in [1.29, 1.82) is 0 Å². The highest BCUT2D eigenvalue weighted by Crippen LogP contribution is 2.08. The lowest BCUT2D eigenvalue weighted by molar-refractivity contribution is -0.116. The van der Waals surface area contributed by atoms with Crippen molar-refractivity contribution in [2.45, 2.75) is 6.92 Å². The smallest absolute Gasteiger partial charge is 0.224 e. The van der Waals surface area contributed by atoms with Crippen molar-refractivity contribution in [2.75, 3.05) is 11.9 Å². The normalized spacial score (nSPS) is 9.58. The molecular formula is C7H8ClN3O. The van der Waals surface area contributed by atoms with Crippen LogP contribution in [-0.2, 0) is 4.79 Å². The van der Waals surface area contributed by atoms with Gasteiger partial charge >= 0.3 is 0 Å². The maximum Gasteiger partial charge on any atom is 0.224 e. The van der Waals surface area contributed by atoms with E-state index >= 15 is 0 Å². The molecule has 0 aromatic carbocycles. The van der Waals surface area contributed by atoms with Crippen LogP contribution >= 0.6 is 11.6 Å². The molecule has 1 aromatic rings.